The van der Waals surface area contributed by atoms with Crippen molar-refractivity contribution < 1.29 is 0 Å². The van der Waals surface area contributed by atoms with Crippen LogP contribution in [-0.4, -0.2) is 5.84 Å². The summed E-state index contributed by atoms with van der Waals surface area (Å²) in [5, 5.41) is 0.675. The third kappa shape index (κ3) is 2.15. The van der Waals surface area contributed by atoms with Gasteiger partial charge in [-0.25, -0.2) is 0 Å². The van der Waals surface area contributed by atoms with E-state index in [0.717, 1.165) is 10.0 Å². The van der Waals surface area contributed by atoms with Crippen molar-refractivity contribution in [2.75, 3.05) is 0 Å². The minimum atomic E-state index is 0.675. The third-order valence-electron chi connectivity index (χ3n) is 1.45. The molecule has 0 saturated heterocycles. The molecule has 0 fully saturated rings. The van der Waals surface area contributed by atoms with Crippen LogP contribution >= 0.6 is 49.5 Å². The van der Waals surface area contributed by atoms with Crippen molar-refractivity contribution in [2.24, 2.45) is 4.40 Å². The molecule has 6 heteroatoms. The highest BCUT2D eigenvalue weighted by Crippen LogP contribution is 2.31. The summed E-state index contributed by atoms with van der Waals surface area (Å²) in [4.78, 5) is 0. The summed E-state index contributed by atoms with van der Waals surface area (Å²) in [6.07, 6.45) is 0. The molecule has 0 saturated carbocycles. The first-order chi connectivity index (χ1) is 6.27. The number of halogens is 2. The highest BCUT2D eigenvalue weighted by molar-refractivity contribution is 9.10. The lowest BCUT2D eigenvalue weighted by atomic mass is 10.2. The van der Waals surface area contributed by atoms with Crippen molar-refractivity contribution in [3.05, 3.63) is 33.3 Å². The number of nitrogens with zero attached hydrogens (tertiary/aromatic N) is 2. The van der Waals surface area contributed by atoms with Crippen molar-refractivity contribution >= 4 is 55.3 Å². The van der Waals surface area contributed by atoms with Crippen molar-refractivity contribution in [1.82, 2.24) is 4.72 Å². The fraction of sp³-hybridized carbons (Fsp3) is 0. The SMILES string of the molecule is Clc1ccc(Br)cc1C1=NSS[N]1. The molecule has 67 valence electrons. The number of hydrogen-bond donors (Lipinski definition) is 0. The summed E-state index contributed by atoms with van der Waals surface area (Å²) in [5.74, 6) is 0.696. The Labute approximate surface area is 97.3 Å². The van der Waals surface area contributed by atoms with Crippen LogP contribution in [0.2, 0.25) is 5.02 Å². The Morgan fingerprint density at radius 1 is 1.31 bits per heavy atom. The molecule has 0 aromatic heterocycles. The Morgan fingerprint density at radius 3 is 2.85 bits per heavy atom. The Hall–Kier alpha value is 0.160. The molecule has 0 aliphatic carbocycles. The lowest BCUT2D eigenvalue weighted by Crippen LogP contribution is -2.06. The molecule has 1 aliphatic rings. The van der Waals surface area contributed by atoms with Gasteiger partial charge in [-0.1, -0.05) is 27.5 Å². The predicted octanol–water partition coefficient (Wildman–Crippen LogP) is 3.68. The van der Waals surface area contributed by atoms with Crippen molar-refractivity contribution in [2.45, 2.75) is 0 Å². The van der Waals surface area contributed by atoms with E-state index in [9.17, 15) is 0 Å². The van der Waals surface area contributed by atoms with Gasteiger partial charge < -0.3 is 0 Å². The van der Waals surface area contributed by atoms with Gasteiger partial charge in [-0.05, 0) is 18.2 Å². The van der Waals surface area contributed by atoms with Crippen LogP contribution in [0, 0.1) is 0 Å². The Balaban J connectivity index is 2.43. The number of amidine groups is 1. The second-order valence-electron chi connectivity index (χ2n) is 2.28. The minimum absolute atomic E-state index is 0.675. The average Bonchev–Trinajstić information content (AvgIpc) is 2.61. The highest BCUT2D eigenvalue weighted by Gasteiger charge is 2.15. The Morgan fingerprint density at radius 2 is 2.15 bits per heavy atom. The topological polar surface area (TPSA) is 26.5 Å². The zero-order valence-corrected chi connectivity index (χ0v) is 10.2. The Bertz CT molecular complexity index is 370. The smallest absolute Gasteiger partial charge is 0.178 e. The summed E-state index contributed by atoms with van der Waals surface area (Å²) in [7, 11) is 2.71. The number of hydrogen-bond acceptors (Lipinski definition) is 3. The molecule has 0 bridgehead atoms. The summed E-state index contributed by atoms with van der Waals surface area (Å²) in [5.41, 5.74) is 0.869. The summed E-state index contributed by atoms with van der Waals surface area (Å²) >= 11 is 9.37. The van der Waals surface area contributed by atoms with Crippen LogP contribution in [0.4, 0.5) is 0 Å². The van der Waals surface area contributed by atoms with Gasteiger partial charge in [-0.3, -0.25) is 0 Å². The maximum absolute atomic E-state index is 6.00. The number of benzene rings is 1. The highest BCUT2D eigenvalue weighted by atomic mass is 79.9. The molecule has 0 unspecified atom stereocenters. The molecule has 13 heavy (non-hydrogen) atoms. The van der Waals surface area contributed by atoms with Crippen LogP contribution in [-0.2, 0) is 0 Å². The molecule has 2 rings (SSSR count). The van der Waals surface area contributed by atoms with Crippen molar-refractivity contribution in [3.63, 3.8) is 0 Å². The molecule has 1 aromatic carbocycles. The normalized spacial score (nSPS) is 15.4. The average molecular weight is 295 g/mol. The standard InChI is InChI=1S/C7H3BrClN2S2/c8-4-1-2-6(9)5(3-4)7-10-12-13-11-7/h1-3H. The van der Waals surface area contributed by atoms with E-state index >= 15 is 0 Å². The maximum atomic E-state index is 6.00. The molecule has 0 N–H and O–H groups in total. The van der Waals surface area contributed by atoms with E-state index in [2.05, 4.69) is 25.0 Å². The van der Waals surface area contributed by atoms with Crippen LogP contribution in [0.5, 0.6) is 0 Å². The monoisotopic (exact) mass is 293 g/mol. The van der Waals surface area contributed by atoms with Gasteiger partial charge in [-0.2, -0.15) is 9.12 Å². The van der Waals surface area contributed by atoms with Crippen LogP contribution in [0.1, 0.15) is 5.56 Å². The molecular formula is C7H3BrClN2S2. The molecule has 1 aliphatic heterocycles. The van der Waals surface area contributed by atoms with Crippen LogP contribution in [0.15, 0.2) is 27.1 Å². The van der Waals surface area contributed by atoms with E-state index in [1.54, 1.807) is 0 Å². The maximum Gasteiger partial charge on any atom is 0.178 e. The van der Waals surface area contributed by atoms with Crippen molar-refractivity contribution in [1.29, 1.82) is 0 Å². The van der Waals surface area contributed by atoms with E-state index in [1.807, 2.05) is 18.2 Å². The largest absolute Gasteiger partial charge is 0.182 e. The zero-order chi connectivity index (χ0) is 9.26. The van der Waals surface area contributed by atoms with E-state index in [1.165, 1.54) is 22.0 Å². The first-order valence-corrected chi connectivity index (χ1v) is 6.58. The molecule has 1 heterocycles. The molecule has 0 atom stereocenters. The fourth-order valence-electron chi connectivity index (χ4n) is 0.888. The van der Waals surface area contributed by atoms with Gasteiger partial charge in [0.25, 0.3) is 0 Å². The number of rotatable bonds is 1. The lowest BCUT2D eigenvalue weighted by molar-refractivity contribution is 1.46. The third-order valence-corrected chi connectivity index (χ3v) is 3.48. The van der Waals surface area contributed by atoms with Crippen LogP contribution < -0.4 is 4.72 Å². The van der Waals surface area contributed by atoms with Gasteiger partial charge in [0.15, 0.2) is 5.84 Å². The van der Waals surface area contributed by atoms with Crippen LogP contribution in [0.3, 0.4) is 0 Å². The van der Waals surface area contributed by atoms with Crippen molar-refractivity contribution in [3.8, 4) is 0 Å². The van der Waals surface area contributed by atoms with Crippen LogP contribution in [0.25, 0.3) is 0 Å². The van der Waals surface area contributed by atoms with Gasteiger partial charge in [0.05, 0.1) is 27.0 Å². The second-order valence-corrected chi connectivity index (χ2v) is 5.16. The quantitative estimate of drug-likeness (QED) is 0.583. The second kappa shape index (κ2) is 4.13. The predicted molar refractivity (Wildman–Crippen MR) is 63.0 cm³/mol. The molecule has 0 amide bonds. The summed E-state index contributed by atoms with van der Waals surface area (Å²) < 4.78 is 9.24. The van der Waals surface area contributed by atoms with E-state index in [-0.39, 0.29) is 0 Å². The van der Waals surface area contributed by atoms with E-state index in [4.69, 9.17) is 11.6 Å². The van der Waals surface area contributed by atoms with Gasteiger partial charge >= 0.3 is 0 Å². The molecule has 2 nitrogen and oxygen atoms in total. The lowest BCUT2D eigenvalue weighted by Gasteiger charge is -2.01. The van der Waals surface area contributed by atoms with Gasteiger partial charge in [0.2, 0.25) is 0 Å². The Kier molecular flexibility index (Phi) is 3.08. The van der Waals surface area contributed by atoms with E-state index < -0.39 is 0 Å². The summed E-state index contributed by atoms with van der Waals surface area (Å²) in [6.45, 7) is 0. The minimum Gasteiger partial charge on any atom is -0.182 e. The van der Waals surface area contributed by atoms with E-state index in [0.29, 0.717) is 10.9 Å². The van der Waals surface area contributed by atoms with Gasteiger partial charge in [-0.15, -0.1) is 0 Å². The fourth-order valence-corrected chi connectivity index (χ4v) is 2.61. The molecule has 1 aromatic rings. The van der Waals surface area contributed by atoms with Gasteiger partial charge in [0.1, 0.15) is 0 Å². The molecular weight excluding hydrogens is 292 g/mol. The first-order valence-electron chi connectivity index (χ1n) is 3.35. The first kappa shape index (κ1) is 9.71. The zero-order valence-electron chi connectivity index (χ0n) is 6.20. The molecule has 1 radical (unpaired) electrons. The summed E-state index contributed by atoms with van der Waals surface area (Å²) in [6, 6.07) is 5.63. The van der Waals surface area contributed by atoms with Gasteiger partial charge in [0, 0.05) is 10.0 Å². The molecule has 0 spiro atoms.